The average molecular weight is 354 g/mol. The molecule has 2 bridgehead atoms. The zero-order valence-corrected chi connectivity index (χ0v) is 14.9. The summed E-state index contributed by atoms with van der Waals surface area (Å²) in [7, 11) is 1.86. The summed E-state index contributed by atoms with van der Waals surface area (Å²) in [6.07, 6.45) is 4.69. The minimum absolute atomic E-state index is 0.0283. The van der Waals surface area contributed by atoms with Crippen LogP contribution in [0.4, 0.5) is 10.5 Å². The standard InChI is InChI=1S/C19H22N4O3/c1-12-5-6-13(10-15(12)16-7-9-22(2)21-16)20-18(26)23-14-4-3-8-19(23,11-14)17(24)25/h5-7,9-10,14H,3-4,8,11H2,1-2H3,(H,20,26)(H,24,25). The normalized spacial score (nSPS) is 24.1. The molecule has 4 rings (SSSR count). The number of aromatic nitrogens is 2. The van der Waals surface area contributed by atoms with Gasteiger partial charge in [-0.25, -0.2) is 9.59 Å². The van der Waals surface area contributed by atoms with Crippen LogP contribution in [0.5, 0.6) is 0 Å². The smallest absolute Gasteiger partial charge is 0.329 e. The van der Waals surface area contributed by atoms with E-state index in [1.54, 1.807) is 4.68 Å². The molecule has 0 aliphatic carbocycles. The number of nitrogens with one attached hydrogen (secondary N) is 1. The van der Waals surface area contributed by atoms with Crippen LogP contribution in [0.2, 0.25) is 0 Å². The summed E-state index contributed by atoms with van der Waals surface area (Å²) in [5.74, 6) is -0.901. The molecule has 2 aliphatic rings. The summed E-state index contributed by atoms with van der Waals surface area (Å²) in [4.78, 5) is 26.0. The molecule has 1 aromatic heterocycles. The number of hydrogen-bond acceptors (Lipinski definition) is 3. The molecule has 0 spiro atoms. The van der Waals surface area contributed by atoms with Crippen LogP contribution in [-0.2, 0) is 11.8 Å². The van der Waals surface area contributed by atoms with Gasteiger partial charge in [0, 0.05) is 37.0 Å². The van der Waals surface area contributed by atoms with E-state index >= 15 is 0 Å². The van der Waals surface area contributed by atoms with E-state index in [2.05, 4.69) is 10.4 Å². The Morgan fingerprint density at radius 1 is 1.35 bits per heavy atom. The number of carboxylic acid groups (broad SMARTS) is 1. The number of nitrogens with zero attached hydrogens (tertiary/aromatic N) is 3. The highest BCUT2D eigenvalue weighted by molar-refractivity contribution is 5.96. The Morgan fingerprint density at radius 3 is 2.81 bits per heavy atom. The summed E-state index contributed by atoms with van der Waals surface area (Å²) in [6.45, 7) is 1.99. The summed E-state index contributed by atoms with van der Waals surface area (Å²) in [5.41, 5.74) is 2.46. The van der Waals surface area contributed by atoms with E-state index in [0.29, 0.717) is 18.5 Å². The molecule has 0 radical (unpaired) electrons. The summed E-state index contributed by atoms with van der Waals surface area (Å²) >= 11 is 0. The first-order chi connectivity index (χ1) is 12.4. The molecule has 2 N–H and O–H groups in total. The van der Waals surface area contributed by atoms with Crippen molar-refractivity contribution >= 4 is 17.7 Å². The fraction of sp³-hybridized carbons (Fsp3) is 0.421. The van der Waals surface area contributed by atoms with Gasteiger partial charge in [0.25, 0.3) is 0 Å². The molecule has 2 amide bonds. The maximum Gasteiger partial charge on any atom is 0.329 e. The molecule has 136 valence electrons. The van der Waals surface area contributed by atoms with Crippen molar-refractivity contribution in [1.82, 2.24) is 14.7 Å². The lowest BCUT2D eigenvalue weighted by molar-refractivity contribution is -0.169. The summed E-state index contributed by atoms with van der Waals surface area (Å²) < 4.78 is 1.73. The summed E-state index contributed by atoms with van der Waals surface area (Å²) in [5, 5.41) is 16.9. The first-order valence-corrected chi connectivity index (χ1v) is 8.85. The van der Waals surface area contributed by atoms with Crippen LogP contribution in [0.15, 0.2) is 30.5 Å². The van der Waals surface area contributed by atoms with Crippen LogP contribution < -0.4 is 5.32 Å². The van der Waals surface area contributed by atoms with Gasteiger partial charge in [-0.2, -0.15) is 5.10 Å². The Balaban J connectivity index is 1.58. The minimum atomic E-state index is -1.03. The minimum Gasteiger partial charge on any atom is -0.479 e. The predicted molar refractivity (Wildman–Crippen MR) is 96.9 cm³/mol. The van der Waals surface area contributed by atoms with Crippen LogP contribution in [-0.4, -0.2) is 43.4 Å². The van der Waals surface area contributed by atoms with Gasteiger partial charge in [-0.1, -0.05) is 6.07 Å². The zero-order valence-electron chi connectivity index (χ0n) is 14.9. The van der Waals surface area contributed by atoms with E-state index in [1.807, 2.05) is 44.4 Å². The molecule has 7 nitrogen and oxygen atoms in total. The van der Waals surface area contributed by atoms with Gasteiger partial charge in [-0.3, -0.25) is 4.68 Å². The number of amides is 2. The number of rotatable bonds is 3. The largest absolute Gasteiger partial charge is 0.479 e. The van der Waals surface area contributed by atoms with Crippen molar-refractivity contribution in [2.75, 3.05) is 5.32 Å². The van der Waals surface area contributed by atoms with Crippen LogP contribution in [0.1, 0.15) is 31.2 Å². The Bertz CT molecular complexity index is 887. The first kappa shape index (κ1) is 16.6. The van der Waals surface area contributed by atoms with Crippen LogP contribution in [0, 0.1) is 6.92 Å². The zero-order chi connectivity index (χ0) is 18.5. The molecule has 2 aliphatic heterocycles. The van der Waals surface area contributed by atoms with Crippen molar-refractivity contribution in [3.63, 3.8) is 0 Å². The molecule has 0 saturated carbocycles. The number of aliphatic carboxylic acids is 1. The highest BCUT2D eigenvalue weighted by atomic mass is 16.4. The van der Waals surface area contributed by atoms with Crippen LogP contribution in [0.25, 0.3) is 11.3 Å². The number of carbonyl (C=O) groups is 2. The number of benzene rings is 1. The highest BCUT2D eigenvalue weighted by Gasteiger charge is 2.61. The lowest BCUT2D eigenvalue weighted by atomic mass is 9.68. The number of hydrogen-bond donors (Lipinski definition) is 2. The molecule has 2 atom stereocenters. The van der Waals surface area contributed by atoms with Gasteiger partial charge in [-0.15, -0.1) is 0 Å². The van der Waals surface area contributed by atoms with Gasteiger partial charge in [0.05, 0.1) is 5.69 Å². The molecule has 2 fully saturated rings. The monoisotopic (exact) mass is 354 g/mol. The van der Waals surface area contributed by atoms with Crippen molar-refractivity contribution in [2.45, 2.75) is 44.2 Å². The molecule has 1 aromatic carbocycles. The topological polar surface area (TPSA) is 87.5 Å². The molecule has 3 heterocycles. The van der Waals surface area contributed by atoms with E-state index in [4.69, 9.17) is 0 Å². The van der Waals surface area contributed by atoms with E-state index in [-0.39, 0.29) is 12.1 Å². The Kier molecular flexibility index (Phi) is 3.75. The van der Waals surface area contributed by atoms with Crippen molar-refractivity contribution in [3.8, 4) is 11.3 Å². The number of aryl methyl sites for hydroxylation is 2. The van der Waals surface area contributed by atoms with Gasteiger partial charge in [-0.05, 0) is 49.9 Å². The van der Waals surface area contributed by atoms with E-state index in [0.717, 1.165) is 29.7 Å². The Hall–Kier alpha value is -2.83. The lowest BCUT2D eigenvalue weighted by Gasteiger charge is -2.59. The third kappa shape index (κ3) is 2.46. The van der Waals surface area contributed by atoms with Crippen molar-refractivity contribution in [3.05, 3.63) is 36.0 Å². The van der Waals surface area contributed by atoms with Crippen molar-refractivity contribution < 1.29 is 14.7 Å². The maximum absolute atomic E-state index is 12.8. The fourth-order valence-corrected chi connectivity index (χ4v) is 4.28. The van der Waals surface area contributed by atoms with Crippen LogP contribution in [0.3, 0.4) is 0 Å². The van der Waals surface area contributed by atoms with Crippen molar-refractivity contribution in [2.24, 2.45) is 7.05 Å². The highest BCUT2D eigenvalue weighted by Crippen LogP contribution is 2.47. The van der Waals surface area contributed by atoms with Gasteiger partial charge in [0.2, 0.25) is 0 Å². The van der Waals surface area contributed by atoms with E-state index in [9.17, 15) is 14.7 Å². The lowest BCUT2D eigenvalue weighted by Crippen LogP contribution is -2.74. The molecular weight excluding hydrogens is 332 g/mol. The second-order valence-electron chi connectivity index (χ2n) is 7.29. The molecule has 2 aromatic rings. The molecule has 2 saturated heterocycles. The number of urea groups is 1. The average Bonchev–Trinajstić information content (AvgIpc) is 3.02. The maximum atomic E-state index is 12.8. The van der Waals surface area contributed by atoms with Gasteiger partial charge < -0.3 is 15.3 Å². The molecule has 2 unspecified atom stereocenters. The number of anilines is 1. The third-order valence-corrected chi connectivity index (χ3v) is 5.62. The first-order valence-electron chi connectivity index (χ1n) is 8.85. The van der Waals surface area contributed by atoms with E-state index in [1.165, 1.54) is 4.90 Å². The SMILES string of the molecule is Cc1ccc(NC(=O)N2C3CCCC2(C(=O)O)C3)cc1-c1ccn(C)n1. The second kappa shape index (κ2) is 5.86. The summed E-state index contributed by atoms with van der Waals surface area (Å²) in [6, 6.07) is 7.28. The molecule has 26 heavy (non-hydrogen) atoms. The van der Waals surface area contributed by atoms with Crippen molar-refractivity contribution in [1.29, 1.82) is 0 Å². The fourth-order valence-electron chi connectivity index (χ4n) is 4.28. The number of carbonyl (C=O) groups excluding carboxylic acids is 1. The Labute approximate surface area is 151 Å². The quantitative estimate of drug-likeness (QED) is 0.887. The number of carboxylic acids is 1. The van der Waals surface area contributed by atoms with Crippen LogP contribution >= 0.6 is 0 Å². The van der Waals surface area contributed by atoms with Gasteiger partial charge in [0.15, 0.2) is 0 Å². The molecule has 7 heteroatoms. The Morgan fingerprint density at radius 2 is 2.15 bits per heavy atom. The molecular formula is C19H22N4O3. The number of fused-ring (bicyclic) bond motifs is 2. The van der Waals surface area contributed by atoms with E-state index < -0.39 is 11.5 Å². The second-order valence-corrected chi connectivity index (χ2v) is 7.29. The third-order valence-electron chi connectivity index (χ3n) is 5.62. The number of piperidine rings is 1. The van der Waals surface area contributed by atoms with Gasteiger partial charge >= 0.3 is 12.0 Å². The van der Waals surface area contributed by atoms with Gasteiger partial charge in [0.1, 0.15) is 5.54 Å². The predicted octanol–water partition coefficient (Wildman–Crippen LogP) is 3.01.